The van der Waals surface area contributed by atoms with E-state index >= 15 is 0 Å². The molecule has 2 rings (SSSR count). The molecular formula is C9H14N2OS. The molecule has 1 atom stereocenters. The van der Waals surface area contributed by atoms with Crippen LogP contribution in [0.4, 0.5) is 0 Å². The molecule has 13 heavy (non-hydrogen) atoms. The Hall–Kier alpha value is -0.450. The average molecular weight is 198 g/mol. The van der Waals surface area contributed by atoms with Crippen LogP contribution in [0.2, 0.25) is 0 Å². The number of thiazole rings is 1. The molecule has 0 saturated carbocycles. The third kappa shape index (κ3) is 2.07. The van der Waals surface area contributed by atoms with Crippen LogP contribution in [0.3, 0.4) is 0 Å². The average Bonchev–Trinajstić information content (AvgIpc) is 2.67. The summed E-state index contributed by atoms with van der Waals surface area (Å²) in [6.07, 6.45) is 3.78. The van der Waals surface area contributed by atoms with E-state index in [0.717, 1.165) is 23.7 Å². The highest BCUT2D eigenvalue weighted by Crippen LogP contribution is 2.29. The van der Waals surface area contributed by atoms with Crippen molar-refractivity contribution in [2.24, 2.45) is 5.73 Å². The fourth-order valence-corrected chi connectivity index (χ4v) is 2.41. The topological polar surface area (TPSA) is 48.1 Å². The molecule has 1 aromatic rings. The second-order valence-corrected chi connectivity index (χ2v) is 4.13. The molecule has 0 spiro atoms. The van der Waals surface area contributed by atoms with Crippen molar-refractivity contribution in [3.63, 3.8) is 0 Å². The van der Waals surface area contributed by atoms with E-state index in [1.54, 1.807) is 11.3 Å². The normalized spacial score (nSPS) is 23.3. The van der Waals surface area contributed by atoms with Crippen molar-refractivity contribution in [2.75, 3.05) is 6.61 Å². The van der Waals surface area contributed by atoms with Gasteiger partial charge in [0.1, 0.15) is 11.1 Å². The molecule has 2 N–H and O–H groups in total. The smallest absolute Gasteiger partial charge is 0.122 e. The van der Waals surface area contributed by atoms with Crippen molar-refractivity contribution in [1.82, 2.24) is 4.98 Å². The Morgan fingerprint density at radius 2 is 2.54 bits per heavy atom. The zero-order valence-electron chi connectivity index (χ0n) is 7.53. The van der Waals surface area contributed by atoms with Crippen molar-refractivity contribution in [1.29, 1.82) is 0 Å². The van der Waals surface area contributed by atoms with Gasteiger partial charge >= 0.3 is 0 Å². The lowest BCUT2D eigenvalue weighted by molar-refractivity contribution is 0.0147. The summed E-state index contributed by atoms with van der Waals surface area (Å²) < 4.78 is 5.63. The quantitative estimate of drug-likeness (QED) is 0.788. The minimum absolute atomic E-state index is 0.235. The molecule has 0 bridgehead atoms. The van der Waals surface area contributed by atoms with Crippen LogP contribution in [0.15, 0.2) is 5.38 Å². The molecule has 1 aliphatic heterocycles. The summed E-state index contributed by atoms with van der Waals surface area (Å²) in [6, 6.07) is 0. The molecule has 3 nitrogen and oxygen atoms in total. The van der Waals surface area contributed by atoms with Crippen LogP contribution >= 0.6 is 11.3 Å². The first-order chi connectivity index (χ1) is 6.40. The minimum atomic E-state index is 0.235. The van der Waals surface area contributed by atoms with Crippen molar-refractivity contribution in [3.8, 4) is 0 Å². The molecule has 1 unspecified atom stereocenters. The Bertz CT molecular complexity index is 268. The maximum atomic E-state index is 5.63. The summed E-state index contributed by atoms with van der Waals surface area (Å²) in [5.41, 5.74) is 6.48. The predicted molar refractivity (Wildman–Crippen MR) is 52.5 cm³/mol. The van der Waals surface area contributed by atoms with Gasteiger partial charge in [0.25, 0.3) is 0 Å². The summed E-state index contributed by atoms with van der Waals surface area (Å²) in [5.74, 6) is 0. The monoisotopic (exact) mass is 198 g/mol. The molecule has 1 saturated heterocycles. The number of nitrogens with zero attached hydrogens (tertiary/aromatic N) is 1. The van der Waals surface area contributed by atoms with E-state index in [-0.39, 0.29) is 6.10 Å². The van der Waals surface area contributed by atoms with Gasteiger partial charge in [-0.25, -0.2) is 4.98 Å². The fraction of sp³-hybridized carbons (Fsp3) is 0.667. The maximum absolute atomic E-state index is 5.63. The summed E-state index contributed by atoms with van der Waals surface area (Å²) in [5, 5.41) is 3.12. The van der Waals surface area contributed by atoms with Crippen LogP contribution in [-0.2, 0) is 11.3 Å². The first-order valence-corrected chi connectivity index (χ1v) is 5.54. The van der Waals surface area contributed by atoms with Crippen LogP contribution in [0.25, 0.3) is 0 Å². The largest absolute Gasteiger partial charge is 0.371 e. The van der Waals surface area contributed by atoms with Crippen molar-refractivity contribution < 1.29 is 4.74 Å². The fourth-order valence-electron chi connectivity index (χ4n) is 1.50. The van der Waals surface area contributed by atoms with E-state index in [9.17, 15) is 0 Å². The lowest BCUT2D eigenvalue weighted by atomic mass is 10.1. The second kappa shape index (κ2) is 4.17. The van der Waals surface area contributed by atoms with Crippen LogP contribution < -0.4 is 5.73 Å². The molecule has 1 aliphatic rings. The Morgan fingerprint density at radius 3 is 3.15 bits per heavy atom. The van der Waals surface area contributed by atoms with Gasteiger partial charge in [0.05, 0.1) is 5.69 Å². The van der Waals surface area contributed by atoms with Gasteiger partial charge in [0.2, 0.25) is 0 Å². The van der Waals surface area contributed by atoms with E-state index in [1.807, 2.05) is 5.38 Å². The predicted octanol–water partition coefficient (Wildman–Crippen LogP) is 1.84. The Labute approximate surface area is 81.9 Å². The molecule has 0 radical (unpaired) electrons. The molecule has 0 amide bonds. The third-order valence-corrected chi connectivity index (χ3v) is 3.22. The van der Waals surface area contributed by atoms with E-state index in [1.165, 1.54) is 12.8 Å². The SMILES string of the molecule is NCc1csc(C2CCCCO2)n1. The number of aromatic nitrogens is 1. The summed E-state index contributed by atoms with van der Waals surface area (Å²) in [7, 11) is 0. The van der Waals surface area contributed by atoms with Gasteiger partial charge in [0.15, 0.2) is 0 Å². The molecule has 4 heteroatoms. The molecule has 1 fully saturated rings. The summed E-state index contributed by atoms with van der Waals surface area (Å²) >= 11 is 1.66. The zero-order valence-corrected chi connectivity index (χ0v) is 8.35. The number of hydrogen-bond donors (Lipinski definition) is 1. The van der Waals surface area contributed by atoms with Gasteiger partial charge in [-0.1, -0.05) is 0 Å². The van der Waals surface area contributed by atoms with E-state index in [0.29, 0.717) is 6.54 Å². The number of hydrogen-bond acceptors (Lipinski definition) is 4. The van der Waals surface area contributed by atoms with Gasteiger partial charge in [-0.05, 0) is 19.3 Å². The molecule has 72 valence electrons. The second-order valence-electron chi connectivity index (χ2n) is 3.24. The van der Waals surface area contributed by atoms with Gasteiger partial charge in [-0.2, -0.15) is 0 Å². The van der Waals surface area contributed by atoms with Crippen LogP contribution in [-0.4, -0.2) is 11.6 Å². The Balaban J connectivity index is 2.05. The first kappa shape index (κ1) is 9.12. The first-order valence-electron chi connectivity index (χ1n) is 4.66. The summed E-state index contributed by atoms with van der Waals surface area (Å²) in [4.78, 5) is 4.42. The van der Waals surface area contributed by atoms with Crippen LogP contribution in [0.5, 0.6) is 0 Å². The highest BCUT2D eigenvalue weighted by molar-refractivity contribution is 7.09. The van der Waals surface area contributed by atoms with Gasteiger partial charge in [-0.15, -0.1) is 11.3 Å². The van der Waals surface area contributed by atoms with Crippen molar-refractivity contribution in [3.05, 3.63) is 16.1 Å². The van der Waals surface area contributed by atoms with Gasteiger partial charge < -0.3 is 10.5 Å². The van der Waals surface area contributed by atoms with Gasteiger partial charge in [-0.3, -0.25) is 0 Å². The molecule has 0 aliphatic carbocycles. The van der Waals surface area contributed by atoms with Crippen LogP contribution in [0.1, 0.15) is 36.1 Å². The van der Waals surface area contributed by atoms with Crippen molar-refractivity contribution in [2.45, 2.75) is 31.9 Å². The maximum Gasteiger partial charge on any atom is 0.122 e. The molecule has 1 aromatic heterocycles. The van der Waals surface area contributed by atoms with Gasteiger partial charge in [0, 0.05) is 18.5 Å². The molecule has 2 heterocycles. The molecular weight excluding hydrogens is 184 g/mol. The number of rotatable bonds is 2. The van der Waals surface area contributed by atoms with Crippen molar-refractivity contribution >= 4 is 11.3 Å². The molecule has 0 aromatic carbocycles. The minimum Gasteiger partial charge on any atom is -0.371 e. The van der Waals surface area contributed by atoms with Crippen LogP contribution in [0, 0.1) is 0 Å². The van der Waals surface area contributed by atoms with E-state index < -0.39 is 0 Å². The highest BCUT2D eigenvalue weighted by Gasteiger charge is 2.18. The Kier molecular flexibility index (Phi) is 2.93. The number of ether oxygens (including phenoxy) is 1. The lowest BCUT2D eigenvalue weighted by Gasteiger charge is -2.20. The lowest BCUT2D eigenvalue weighted by Crippen LogP contribution is -2.11. The third-order valence-electron chi connectivity index (χ3n) is 2.23. The van der Waals surface area contributed by atoms with E-state index in [2.05, 4.69) is 4.98 Å². The summed E-state index contributed by atoms with van der Waals surface area (Å²) in [6.45, 7) is 1.41. The Morgan fingerprint density at radius 1 is 1.62 bits per heavy atom. The standard InChI is InChI=1S/C9H14N2OS/c10-5-7-6-13-9(11-7)8-3-1-2-4-12-8/h6,8H,1-5,10H2. The zero-order chi connectivity index (χ0) is 9.10. The number of nitrogens with two attached hydrogens (primary N) is 1. The van der Waals surface area contributed by atoms with E-state index in [4.69, 9.17) is 10.5 Å². The highest BCUT2D eigenvalue weighted by atomic mass is 32.1.